The van der Waals surface area contributed by atoms with E-state index in [1.165, 1.54) is 0 Å². The van der Waals surface area contributed by atoms with Crippen LogP contribution in [0.4, 0.5) is 0 Å². The highest BCUT2D eigenvalue weighted by atomic mass is 32.2. The van der Waals surface area contributed by atoms with Gasteiger partial charge in [0.25, 0.3) is 0 Å². The summed E-state index contributed by atoms with van der Waals surface area (Å²) in [6, 6.07) is 16.1. The minimum absolute atomic E-state index is 0.278. The average molecular weight is 271 g/mol. The van der Waals surface area contributed by atoms with E-state index in [2.05, 4.69) is 4.98 Å². The van der Waals surface area contributed by atoms with Gasteiger partial charge in [0.15, 0.2) is 0 Å². The lowest BCUT2D eigenvalue weighted by atomic mass is 10.2. The number of H-pyrrole nitrogens is 1. The number of hydrogen-bond donors (Lipinski definition) is 1. The molecule has 0 bridgehead atoms. The fourth-order valence-electron chi connectivity index (χ4n) is 2.24. The van der Waals surface area contributed by atoms with Crippen molar-refractivity contribution in [1.29, 1.82) is 0 Å². The lowest BCUT2D eigenvalue weighted by Crippen LogP contribution is -2.03. The van der Waals surface area contributed by atoms with Crippen LogP contribution in [0, 0.1) is 6.92 Å². The zero-order valence-corrected chi connectivity index (χ0v) is 11.2. The molecule has 0 fully saturated rings. The molecule has 19 heavy (non-hydrogen) atoms. The maximum Gasteiger partial charge on any atom is 0.222 e. The van der Waals surface area contributed by atoms with Crippen LogP contribution in [0.15, 0.2) is 64.5 Å². The summed E-state index contributed by atoms with van der Waals surface area (Å²) in [7, 11) is -3.49. The molecule has 96 valence electrons. The minimum Gasteiger partial charge on any atom is -0.345 e. The van der Waals surface area contributed by atoms with Gasteiger partial charge in [-0.2, -0.15) is 0 Å². The molecule has 3 rings (SSSR count). The quantitative estimate of drug-likeness (QED) is 0.777. The molecule has 0 saturated heterocycles. The lowest BCUT2D eigenvalue weighted by molar-refractivity contribution is 0.592. The number of hydrogen-bond acceptors (Lipinski definition) is 2. The third kappa shape index (κ3) is 1.85. The predicted octanol–water partition coefficient (Wildman–Crippen LogP) is 3.31. The van der Waals surface area contributed by atoms with E-state index < -0.39 is 9.84 Å². The van der Waals surface area contributed by atoms with Crippen molar-refractivity contribution in [3.05, 3.63) is 60.2 Å². The van der Waals surface area contributed by atoms with Crippen LogP contribution in [0.5, 0.6) is 0 Å². The SMILES string of the molecule is Cc1c(S(=O)(=O)c2ccccc2)[nH]c2ccccc12. The molecule has 1 aromatic heterocycles. The van der Waals surface area contributed by atoms with Crippen LogP contribution in [0.1, 0.15) is 5.56 Å². The number of aryl methyl sites for hydroxylation is 1. The topological polar surface area (TPSA) is 49.9 Å². The number of nitrogens with one attached hydrogen (secondary N) is 1. The van der Waals surface area contributed by atoms with Gasteiger partial charge in [0.1, 0.15) is 5.03 Å². The van der Waals surface area contributed by atoms with Gasteiger partial charge in [-0.05, 0) is 30.7 Å². The van der Waals surface area contributed by atoms with Gasteiger partial charge in [-0.15, -0.1) is 0 Å². The van der Waals surface area contributed by atoms with E-state index in [1.807, 2.05) is 31.2 Å². The number of para-hydroxylation sites is 1. The second-order valence-corrected chi connectivity index (χ2v) is 6.33. The van der Waals surface area contributed by atoms with Crippen molar-refractivity contribution in [2.45, 2.75) is 16.8 Å². The Hall–Kier alpha value is -2.07. The van der Waals surface area contributed by atoms with Gasteiger partial charge in [-0.3, -0.25) is 0 Å². The Bertz CT molecular complexity index is 833. The molecule has 0 amide bonds. The van der Waals surface area contributed by atoms with Gasteiger partial charge in [0, 0.05) is 10.9 Å². The number of sulfone groups is 1. The molecule has 0 atom stereocenters. The molecule has 3 aromatic rings. The van der Waals surface area contributed by atoms with Gasteiger partial charge in [0.2, 0.25) is 9.84 Å². The molecule has 0 unspecified atom stereocenters. The predicted molar refractivity (Wildman–Crippen MR) is 74.9 cm³/mol. The van der Waals surface area contributed by atoms with Gasteiger partial charge < -0.3 is 4.98 Å². The Kier molecular flexibility index (Phi) is 2.68. The second-order valence-electron chi connectivity index (χ2n) is 4.44. The van der Waals surface area contributed by atoms with Crippen molar-refractivity contribution >= 4 is 20.7 Å². The molecule has 0 spiro atoms. The highest BCUT2D eigenvalue weighted by molar-refractivity contribution is 7.91. The average Bonchev–Trinajstić information content (AvgIpc) is 2.78. The van der Waals surface area contributed by atoms with Crippen molar-refractivity contribution < 1.29 is 8.42 Å². The van der Waals surface area contributed by atoms with Crippen LogP contribution in [-0.2, 0) is 9.84 Å². The van der Waals surface area contributed by atoms with Crippen molar-refractivity contribution in [1.82, 2.24) is 4.98 Å². The molecule has 0 aliphatic heterocycles. The number of aromatic nitrogens is 1. The summed E-state index contributed by atoms with van der Waals surface area (Å²) in [4.78, 5) is 3.32. The molecule has 2 aromatic carbocycles. The van der Waals surface area contributed by atoms with Gasteiger partial charge in [-0.1, -0.05) is 36.4 Å². The first-order chi connectivity index (χ1) is 9.10. The minimum atomic E-state index is -3.49. The van der Waals surface area contributed by atoms with E-state index >= 15 is 0 Å². The van der Waals surface area contributed by atoms with E-state index in [4.69, 9.17) is 0 Å². The van der Waals surface area contributed by atoms with Gasteiger partial charge in [-0.25, -0.2) is 8.42 Å². The Morgan fingerprint density at radius 3 is 2.21 bits per heavy atom. The molecule has 3 nitrogen and oxygen atoms in total. The normalized spacial score (nSPS) is 11.8. The number of aromatic amines is 1. The molecule has 4 heteroatoms. The molecule has 0 radical (unpaired) electrons. The summed E-state index contributed by atoms with van der Waals surface area (Å²) in [5.41, 5.74) is 1.61. The van der Waals surface area contributed by atoms with E-state index in [0.717, 1.165) is 16.5 Å². The summed E-state index contributed by atoms with van der Waals surface area (Å²) in [6.45, 7) is 1.83. The highest BCUT2D eigenvalue weighted by Gasteiger charge is 2.22. The molecule has 0 saturated carbocycles. The standard InChI is InChI=1S/C15H13NO2S/c1-11-13-9-5-6-10-14(13)16-15(11)19(17,18)12-7-3-2-4-8-12/h2-10,16H,1H3. The molecule has 0 aliphatic rings. The van der Waals surface area contributed by atoms with E-state index in [9.17, 15) is 8.42 Å². The summed E-state index contributed by atoms with van der Waals surface area (Å²) >= 11 is 0. The molecule has 1 N–H and O–H groups in total. The monoisotopic (exact) mass is 271 g/mol. The number of fused-ring (bicyclic) bond motifs is 1. The third-order valence-corrected chi connectivity index (χ3v) is 5.08. The lowest BCUT2D eigenvalue weighted by Gasteiger charge is -2.03. The Balaban J connectivity index is 2.28. The fraction of sp³-hybridized carbons (Fsp3) is 0.0667. The van der Waals surface area contributed by atoms with Crippen LogP contribution in [0.3, 0.4) is 0 Å². The van der Waals surface area contributed by atoms with Crippen LogP contribution in [-0.4, -0.2) is 13.4 Å². The van der Waals surface area contributed by atoms with Gasteiger partial charge in [0.05, 0.1) is 4.90 Å². The van der Waals surface area contributed by atoms with Crippen molar-refractivity contribution in [2.24, 2.45) is 0 Å². The zero-order chi connectivity index (χ0) is 13.5. The summed E-state index contributed by atoms with van der Waals surface area (Å²) in [5, 5.41) is 1.22. The van der Waals surface area contributed by atoms with Crippen LogP contribution < -0.4 is 0 Å². The zero-order valence-electron chi connectivity index (χ0n) is 10.4. The number of benzene rings is 2. The van der Waals surface area contributed by atoms with Crippen LogP contribution in [0.25, 0.3) is 10.9 Å². The smallest absolute Gasteiger partial charge is 0.222 e. The highest BCUT2D eigenvalue weighted by Crippen LogP contribution is 2.28. The van der Waals surface area contributed by atoms with Crippen molar-refractivity contribution in [2.75, 3.05) is 0 Å². The first-order valence-corrected chi connectivity index (χ1v) is 7.46. The fourth-order valence-corrected chi connectivity index (χ4v) is 3.75. The number of rotatable bonds is 2. The van der Waals surface area contributed by atoms with E-state index in [0.29, 0.717) is 4.90 Å². The third-order valence-electron chi connectivity index (χ3n) is 3.24. The summed E-state index contributed by atoms with van der Waals surface area (Å²) in [5.74, 6) is 0. The molecule has 1 heterocycles. The Morgan fingerprint density at radius 2 is 1.53 bits per heavy atom. The molecule has 0 aliphatic carbocycles. The maximum absolute atomic E-state index is 12.6. The first kappa shape index (κ1) is 12.0. The second kappa shape index (κ2) is 4.24. The van der Waals surface area contributed by atoms with Crippen LogP contribution in [0.2, 0.25) is 0 Å². The van der Waals surface area contributed by atoms with E-state index in [-0.39, 0.29) is 5.03 Å². The van der Waals surface area contributed by atoms with Crippen molar-refractivity contribution in [3.8, 4) is 0 Å². The van der Waals surface area contributed by atoms with Crippen molar-refractivity contribution in [3.63, 3.8) is 0 Å². The first-order valence-electron chi connectivity index (χ1n) is 5.98. The van der Waals surface area contributed by atoms with E-state index in [1.54, 1.807) is 30.3 Å². The Labute approximate surface area is 111 Å². The van der Waals surface area contributed by atoms with Gasteiger partial charge >= 0.3 is 0 Å². The Morgan fingerprint density at radius 1 is 0.895 bits per heavy atom. The van der Waals surface area contributed by atoms with Crippen LogP contribution >= 0.6 is 0 Å². The molecular formula is C15H13NO2S. The molecular weight excluding hydrogens is 258 g/mol. The largest absolute Gasteiger partial charge is 0.345 e. The summed E-state index contributed by atoms with van der Waals surface area (Å²) < 4.78 is 25.2. The summed E-state index contributed by atoms with van der Waals surface area (Å²) in [6.07, 6.45) is 0. The maximum atomic E-state index is 12.6.